The zero-order chi connectivity index (χ0) is 8.57. The normalized spacial score (nSPS) is 5.08. The summed E-state index contributed by atoms with van der Waals surface area (Å²) in [5.74, 6) is 0. The zero-order valence-electron chi connectivity index (χ0n) is 6.34. The van der Waals surface area contributed by atoms with Gasteiger partial charge in [0.2, 0.25) is 6.16 Å². The second-order valence-electron chi connectivity index (χ2n) is 0.691. The minimum atomic E-state index is -2.05. The van der Waals surface area contributed by atoms with E-state index in [-0.39, 0.29) is 88.7 Å². The second-order valence-corrected chi connectivity index (χ2v) is 0.691. The Kier molecular flexibility index (Phi) is 52.6. The molecule has 0 saturated heterocycles. The molecule has 2 N–H and O–H groups in total. The topological polar surface area (TPSA) is 139 Å². The van der Waals surface area contributed by atoms with Gasteiger partial charge in [-0.05, 0) is 0 Å². The maximum absolute atomic E-state index is 8.90. The van der Waals surface area contributed by atoms with Gasteiger partial charge in [-0.15, -0.1) is 0 Å². The molecule has 0 atom stereocenters. The number of carboxylic acid groups (broad SMARTS) is 2. The SMILES string of the molecule is O=C(O)OO.O=C([O-])O[O-].[Na+].[Na+].[NaH]. The summed E-state index contributed by atoms with van der Waals surface area (Å²) in [6.45, 7) is 0. The van der Waals surface area contributed by atoms with Gasteiger partial charge in [0.25, 0.3) is 0 Å². The summed E-state index contributed by atoms with van der Waals surface area (Å²) in [7, 11) is 0. The van der Waals surface area contributed by atoms with Crippen LogP contribution in [0, 0.1) is 0 Å². The van der Waals surface area contributed by atoms with Crippen LogP contribution in [0.1, 0.15) is 0 Å². The van der Waals surface area contributed by atoms with Crippen molar-refractivity contribution >= 4 is 41.9 Å². The fourth-order valence-corrected chi connectivity index (χ4v) is 0. The third-order valence-electron chi connectivity index (χ3n) is 0.146. The van der Waals surface area contributed by atoms with Gasteiger partial charge < -0.3 is 25.2 Å². The van der Waals surface area contributed by atoms with Gasteiger partial charge in [0.05, 0.1) is 0 Å². The van der Waals surface area contributed by atoms with Gasteiger partial charge in [-0.3, -0.25) is 4.89 Å². The quantitative estimate of drug-likeness (QED) is 0.235. The molecular formula is C2H3Na3O8. The predicted molar refractivity (Wildman–Crippen MR) is 25.4 cm³/mol. The van der Waals surface area contributed by atoms with Crippen LogP contribution in [0.15, 0.2) is 0 Å². The van der Waals surface area contributed by atoms with Gasteiger partial charge in [-0.1, -0.05) is 0 Å². The van der Waals surface area contributed by atoms with E-state index in [0.717, 1.165) is 0 Å². The van der Waals surface area contributed by atoms with E-state index < -0.39 is 12.3 Å². The third-order valence-corrected chi connectivity index (χ3v) is 0.146. The summed E-state index contributed by atoms with van der Waals surface area (Å²) < 4.78 is 0. The van der Waals surface area contributed by atoms with Crippen molar-refractivity contribution in [3.63, 3.8) is 0 Å². The molecule has 0 heterocycles. The molecule has 0 aromatic heterocycles. The predicted octanol–water partition coefficient (Wildman–Crippen LogP) is -8.86. The van der Waals surface area contributed by atoms with Crippen molar-refractivity contribution < 1.29 is 99.2 Å². The van der Waals surface area contributed by atoms with Crippen molar-refractivity contribution in [1.29, 1.82) is 0 Å². The van der Waals surface area contributed by atoms with E-state index in [1.165, 1.54) is 0 Å². The molecule has 0 rings (SSSR count). The maximum atomic E-state index is 8.90. The van der Waals surface area contributed by atoms with Crippen molar-refractivity contribution in [2.24, 2.45) is 0 Å². The van der Waals surface area contributed by atoms with Crippen molar-refractivity contribution in [2.75, 3.05) is 0 Å². The molecule has 0 unspecified atom stereocenters. The molecule has 0 aliphatic carbocycles. The number of carbonyl (C=O) groups excluding carboxylic acids is 1. The van der Waals surface area contributed by atoms with E-state index in [9.17, 15) is 0 Å². The molecule has 62 valence electrons. The van der Waals surface area contributed by atoms with E-state index in [2.05, 4.69) is 9.78 Å². The van der Waals surface area contributed by atoms with Gasteiger partial charge in [0.15, 0.2) is 0 Å². The molecule has 0 bridgehead atoms. The summed E-state index contributed by atoms with van der Waals surface area (Å²) in [6, 6.07) is 0. The standard InChI is InChI=1S/2CH2O4.3Na.H/c2*2-1(3)5-4;;;;/h2*4H,(H,2,3);;;;/q;;;2*+1;/p-2. The first-order chi connectivity index (χ1) is 4.54. The van der Waals surface area contributed by atoms with E-state index >= 15 is 0 Å². The molecule has 0 aliphatic heterocycles. The first-order valence-corrected chi connectivity index (χ1v) is 1.59. The summed E-state index contributed by atoms with van der Waals surface area (Å²) in [4.78, 5) is 22.6. The molecule has 13 heavy (non-hydrogen) atoms. The Hall–Kier alpha value is 1.46. The Balaban J connectivity index is -0.0000000267. The number of hydrogen-bond acceptors (Lipinski definition) is 7. The number of carbonyl (C=O) groups is 2. The van der Waals surface area contributed by atoms with E-state index in [1.54, 1.807) is 0 Å². The average Bonchev–Trinajstić information content (AvgIpc) is 1.89. The van der Waals surface area contributed by atoms with Crippen molar-refractivity contribution in [2.45, 2.75) is 0 Å². The molecule has 0 amide bonds. The number of rotatable bonds is 0. The van der Waals surface area contributed by atoms with Crippen molar-refractivity contribution in [1.82, 2.24) is 0 Å². The van der Waals surface area contributed by atoms with Gasteiger partial charge in [0.1, 0.15) is 0 Å². The van der Waals surface area contributed by atoms with E-state index in [1.807, 2.05) is 0 Å². The Morgan fingerprint density at radius 2 is 1.38 bits per heavy atom. The van der Waals surface area contributed by atoms with E-state index in [4.69, 9.17) is 30.3 Å². The summed E-state index contributed by atoms with van der Waals surface area (Å²) >= 11 is 0. The molecule has 0 radical (unpaired) electrons. The molecule has 0 spiro atoms. The first kappa shape index (κ1) is 29.3. The Bertz CT molecular complexity index is 102. The molecule has 0 aliphatic rings. The van der Waals surface area contributed by atoms with E-state index in [0.29, 0.717) is 0 Å². The Labute approximate surface area is 139 Å². The average molecular weight is 224 g/mol. The van der Waals surface area contributed by atoms with Crippen LogP contribution in [-0.4, -0.2) is 52.2 Å². The van der Waals surface area contributed by atoms with Crippen LogP contribution in [0.3, 0.4) is 0 Å². The summed E-state index contributed by atoms with van der Waals surface area (Å²) in [5.41, 5.74) is 0. The van der Waals surface area contributed by atoms with Crippen LogP contribution in [0.25, 0.3) is 0 Å². The molecule has 0 saturated carbocycles. The first-order valence-electron chi connectivity index (χ1n) is 1.59. The van der Waals surface area contributed by atoms with Crippen LogP contribution < -0.4 is 69.5 Å². The molecule has 0 aromatic carbocycles. The molecule has 11 heteroatoms. The van der Waals surface area contributed by atoms with Crippen molar-refractivity contribution in [3.05, 3.63) is 0 Å². The fraction of sp³-hybridized carbons (Fsp3) is 0. The van der Waals surface area contributed by atoms with Gasteiger partial charge in [0, 0.05) is 0 Å². The van der Waals surface area contributed by atoms with Crippen LogP contribution in [0.5, 0.6) is 0 Å². The Morgan fingerprint density at radius 1 is 1.23 bits per heavy atom. The van der Waals surface area contributed by atoms with Crippen LogP contribution in [-0.2, 0) is 9.78 Å². The van der Waals surface area contributed by atoms with Gasteiger partial charge in [-0.25, -0.2) is 4.79 Å². The van der Waals surface area contributed by atoms with Gasteiger partial charge >= 0.3 is 94.8 Å². The van der Waals surface area contributed by atoms with Crippen LogP contribution in [0.2, 0.25) is 0 Å². The van der Waals surface area contributed by atoms with Crippen molar-refractivity contribution in [3.8, 4) is 0 Å². The zero-order valence-corrected chi connectivity index (χ0v) is 10.3. The number of hydrogen-bond donors (Lipinski definition) is 2. The summed E-state index contributed by atoms with van der Waals surface area (Å²) in [5, 5.41) is 31.5. The van der Waals surface area contributed by atoms with Crippen LogP contribution >= 0.6 is 0 Å². The fourth-order valence-electron chi connectivity index (χ4n) is 0. The monoisotopic (exact) mass is 224 g/mol. The minimum absolute atomic E-state index is 0. The molecule has 8 nitrogen and oxygen atoms in total. The molecule has 0 fully saturated rings. The third kappa shape index (κ3) is 59.3. The second kappa shape index (κ2) is 23.4. The van der Waals surface area contributed by atoms with Crippen LogP contribution in [0.4, 0.5) is 9.59 Å². The Morgan fingerprint density at radius 3 is 1.38 bits per heavy atom. The summed E-state index contributed by atoms with van der Waals surface area (Å²) in [6.07, 6.45) is -3.74. The molecular weight excluding hydrogens is 221 g/mol. The molecule has 0 aromatic rings. The van der Waals surface area contributed by atoms with Gasteiger partial charge in [-0.2, -0.15) is 5.26 Å².